The Morgan fingerprint density at radius 3 is 2.22 bits per heavy atom. The van der Waals surface area contributed by atoms with Crippen LogP contribution < -0.4 is 4.90 Å². The third-order valence-corrected chi connectivity index (χ3v) is 4.76. The molecule has 0 atom stereocenters. The highest BCUT2D eigenvalue weighted by Crippen LogP contribution is 2.54. The molecule has 1 saturated carbocycles. The van der Waals surface area contributed by atoms with E-state index in [-0.39, 0.29) is 25.9 Å². The van der Waals surface area contributed by atoms with Gasteiger partial charge in [0.25, 0.3) is 0 Å². The van der Waals surface area contributed by atoms with E-state index < -0.39 is 23.3 Å². The quantitative estimate of drug-likeness (QED) is 0.782. The number of carbonyl (C=O) groups excluding carboxylic acids is 1. The SMILES string of the molecule is O=C(N1CCN(c2ccc(F)cn2)CC1)C1(C(F)(F)F)CCC1. The maximum atomic E-state index is 13.2. The highest BCUT2D eigenvalue weighted by atomic mass is 19.4. The van der Waals surface area contributed by atoms with E-state index in [9.17, 15) is 22.4 Å². The molecular weight excluding hydrogens is 314 g/mol. The molecule has 2 heterocycles. The molecule has 0 bridgehead atoms. The van der Waals surface area contributed by atoms with E-state index in [0.717, 1.165) is 6.20 Å². The number of hydrogen-bond acceptors (Lipinski definition) is 3. The molecule has 1 saturated heterocycles. The molecule has 2 aliphatic rings. The van der Waals surface area contributed by atoms with Crippen LogP contribution in [0.5, 0.6) is 0 Å². The van der Waals surface area contributed by atoms with Crippen LogP contribution in [0.15, 0.2) is 18.3 Å². The summed E-state index contributed by atoms with van der Waals surface area (Å²) in [5, 5.41) is 0. The number of carbonyl (C=O) groups is 1. The van der Waals surface area contributed by atoms with Gasteiger partial charge in [0.1, 0.15) is 17.1 Å². The minimum Gasteiger partial charge on any atom is -0.353 e. The predicted octanol–water partition coefficient (Wildman–Crippen LogP) is 2.60. The van der Waals surface area contributed by atoms with E-state index in [0.29, 0.717) is 25.3 Å². The van der Waals surface area contributed by atoms with Crippen molar-refractivity contribution in [1.82, 2.24) is 9.88 Å². The summed E-state index contributed by atoms with van der Waals surface area (Å²) in [4.78, 5) is 19.4. The normalized spacial score (nSPS) is 21.0. The first-order valence-electron chi connectivity index (χ1n) is 7.56. The molecule has 0 aromatic carbocycles. The Bertz CT molecular complexity index is 575. The first-order chi connectivity index (χ1) is 10.8. The van der Waals surface area contributed by atoms with Crippen molar-refractivity contribution in [3.05, 3.63) is 24.1 Å². The molecule has 23 heavy (non-hydrogen) atoms. The van der Waals surface area contributed by atoms with Gasteiger partial charge in [-0.05, 0) is 25.0 Å². The second kappa shape index (κ2) is 5.65. The van der Waals surface area contributed by atoms with Crippen LogP contribution in [0.2, 0.25) is 0 Å². The van der Waals surface area contributed by atoms with Crippen molar-refractivity contribution >= 4 is 11.7 Å². The van der Waals surface area contributed by atoms with Crippen molar-refractivity contribution in [2.75, 3.05) is 31.1 Å². The zero-order valence-corrected chi connectivity index (χ0v) is 12.4. The Kier molecular flexibility index (Phi) is 3.93. The van der Waals surface area contributed by atoms with E-state index in [1.165, 1.54) is 17.0 Å². The van der Waals surface area contributed by atoms with Gasteiger partial charge in [0, 0.05) is 26.2 Å². The van der Waals surface area contributed by atoms with Crippen LogP contribution in [-0.4, -0.2) is 48.1 Å². The van der Waals surface area contributed by atoms with E-state index in [2.05, 4.69) is 4.98 Å². The lowest BCUT2D eigenvalue weighted by Gasteiger charge is -2.46. The number of pyridine rings is 1. The lowest BCUT2D eigenvalue weighted by molar-refractivity contribution is -0.248. The molecule has 8 heteroatoms. The Balaban J connectivity index is 1.65. The fraction of sp³-hybridized carbons (Fsp3) is 0.600. The molecule has 1 aliphatic heterocycles. The molecule has 126 valence electrons. The highest BCUT2D eigenvalue weighted by Gasteiger charge is 2.64. The Labute approximate surface area is 131 Å². The van der Waals surface area contributed by atoms with Crippen LogP contribution in [0, 0.1) is 11.2 Å². The summed E-state index contributed by atoms with van der Waals surface area (Å²) in [6, 6.07) is 2.81. The zero-order valence-electron chi connectivity index (χ0n) is 12.4. The topological polar surface area (TPSA) is 36.4 Å². The minimum absolute atomic E-state index is 0.116. The van der Waals surface area contributed by atoms with E-state index in [1.807, 2.05) is 4.90 Å². The first kappa shape index (κ1) is 16.0. The molecule has 2 fully saturated rings. The largest absolute Gasteiger partial charge is 0.403 e. The fourth-order valence-corrected chi connectivity index (χ4v) is 3.15. The number of rotatable bonds is 2. The van der Waals surface area contributed by atoms with E-state index >= 15 is 0 Å². The van der Waals surface area contributed by atoms with Crippen LogP contribution in [0.1, 0.15) is 19.3 Å². The molecule has 0 radical (unpaired) electrons. The Morgan fingerprint density at radius 1 is 1.13 bits per heavy atom. The first-order valence-corrected chi connectivity index (χ1v) is 7.56. The number of alkyl halides is 3. The van der Waals surface area contributed by atoms with Crippen LogP contribution in [-0.2, 0) is 4.79 Å². The van der Waals surface area contributed by atoms with Gasteiger partial charge in [-0.3, -0.25) is 4.79 Å². The van der Waals surface area contributed by atoms with Crippen molar-refractivity contribution in [2.45, 2.75) is 25.4 Å². The van der Waals surface area contributed by atoms with Gasteiger partial charge in [-0.1, -0.05) is 6.42 Å². The van der Waals surface area contributed by atoms with Gasteiger partial charge >= 0.3 is 6.18 Å². The third-order valence-electron chi connectivity index (χ3n) is 4.76. The summed E-state index contributed by atoms with van der Waals surface area (Å²) >= 11 is 0. The van der Waals surface area contributed by atoms with Crippen LogP contribution in [0.4, 0.5) is 23.4 Å². The standard InChI is InChI=1S/C15H17F4N3O/c16-11-2-3-12(20-10-11)21-6-8-22(9-7-21)13(23)14(4-1-5-14)15(17,18)19/h2-3,10H,1,4-9H2. The summed E-state index contributed by atoms with van der Waals surface area (Å²) in [6.07, 6.45) is -3.19. The third kappa shape index (κ3) is 2.74. The van der Waals surface area contributed by atoms with Crippen molar-refractivity contribution < 1.29 is 22.4 Å². The minimum atomic E-state index is -4.49. The number of aromatic nitrogens is 1. The molecule has 1 aromatic rings. The van der Waals surface area contributed by atoms with Gasteiger partial charge in [0.05, 0.1) is 6.20 Å². The van der Waals surface area contributed by atoms with Crippen molar-refractivity contribution in [2.24, 2.45) is 5.41 Å². The van der Waals surface area contributed by atoms with Crippen LogP contribution >= 0.6 is 0 Å². The van der Waals surface area contributed by atoms with Crippen molar-refractivity contribution in [3.8, 4) is 0 Å². The smallest absolute Gasteiger partial charge is 0.353 e. The molecular formula is C15H17F4N3O. The number of amides is 1. The monoisotopic (exact) mass is 331 g/mol. The second-order valence-corrected chi connectivity index (χ2v) is 6.05. The van der Waals surface area contributed by atoms with Gasteiger partial charge in [0.15, 0.2) is 0 Å². The Hall–Kier alpha value is -1.86. The molecule has 4 nitrogen and oxygen atoms in total. The number of piperazine rings is 1. The number of halogens is 4. The average Bonchev–Trinajstić information content (AvgIpc) is 2.45. The van der Waals surface area contributed by atoms with E-state index in [1.54, 1.807) is 0 Å². The van der Waals surface area contributed by atoms with Crippen LogP contribution in [0.25, 0.3) is 0 Å². The summed E-state index contributed by atoms with van der Waals surface area (Å²) in [5.74, 6) is -0.685. The maximum absolute atomic E-state index is 13.2. The molecule has 3 rings (SSSR count). The highest BCUT2D eigenvalue weighted by molar-refractivity contribution is 5.84. The molecule has 1 aromatic heterocycles. The van der Waals surface area contributed by atoms with Crippen LogP contribution in [0.3, 0.4) is 0 Å². The number of anilines is 1. The molecule has 0 unspecified atom stereocenters. The molecule has 1 amide bonds. The van der Waals surface area contributed by atoms with Gasteiger partial charge in [-0.15, -0.1) is 0 Å². The molecule has 0 spiro atoms. The second-order valence-electron chi connectivity index (χ2n) is 6.05. The predicted molar refractivity (Wildman–Crippen MR) is 75.3 cm³/mol. The Morgan fingerprint density at radius 2 is 1.78 bits per heavy atom. The summed E-state index contributed by atoms with van der Waals surface area (Å²) < 4.78 is 52.6. The van der Waals surface area contributed by atoms with Crippen molar-refractivity contribution in [1.29, 1.82) is 0 Å². The molecule has 0 N–H and O–H groups in total. The zero-order chi connectivity index (χ0) is 16.7. The maximum Gasteiger partial charge on any atom is 0.403 e. The van der Waals surface area contributed by atoms with Crippen molar-refractivity contribution in [3.63, 3.8) is 0 Å². The van der Waals surface area contributed by atoms with E-state index in [4.69, 9.17) is 0 Å². The fourth-order valence-electron chi connectivity index (χ4n) is 3.15. The molecule has 1 aliphatic carbocycles. The van der Waals surface area contributed by atoms with Gasteiger partial charge in [-0.2, -0.15) is 13.2 Å². The number of nitrogens with zero attached hydrogens (tertiary/aromatic N) is 3. The lowest BCUT2D eigenvalue weighted by atomic mass is 9.67. The average molecular weight is 331 g/mol. The summed E-state index contributed by atoms with van der Waals surface area (Å²) in [5.41, 5.74) is -2.18. The summed E-state index contributed by atoms with van der Waals surface area (Å²) in [7, 11) is 0. The lowest BCUT2D eigenvalue weighted by Crippen LogP contribution is -2.59. The van der Waals surface area contributed by atoms with Gasteiger partial charge < -0.3 is 9.80 Å². The number of hydrogen-bond donors (Lipinski definition) is 0. The van der Waals surface area contributed by atoms with Gasteiger partial charge in [-0.25, -0.2) is 9.37 Å². The summed E-state index contributed by atoms with van der Waals surface area (Å²) in [6.45, 7) is 1.21. The van der Waals surface area contributed by atoms with Gasteiger partial charge in [0.2, 0.25) is 5.91 Å².